The van der Waals surface area contributed by atoms with E-state index in [1.165, 1.54) is 26.4 Å². The minimum Gasteiger partial charge on any atom is -0.493 e. The first-order valence-electron chi connectivity index (χ1n) is 8.09. The molecule has 0 amide bonds. The van der Waals surface area contributed by atoms with Gasteiger partial charge in [-0.15, -0.1) is 13.2 Å². The molecule has 0 aliphatic carbocycles. The first-order chi connectivity index (χ1) is 13.8. The number of methoxy groups -OCH3 is 2. The average Bonchev–Trinajstić information content (AvgIpc) is 3.15. The van der Waals surface area contributed by atoms with Crippen LogP contribution in [0, 0.1) is 0 Å². The zero-order valence-electron chi connectivity index (χ0n) is 15.2. The van der Waals surface area contributed by atoms with Crippen LogP contribution in [-0.4, -0.2) is 30.7 Å². The van der Waals surface area contributed by atoms with E-state index >= 15 is 0 Å². The van der Waals surface area contributed by atoms with E-state index in [9.17, 15) is 13.2 Å². The summed E-state index contributed by atoms with van der Waals surface area (Å²) in [6, 6.07) is 8.55. The highest BCUT2D eigenvalue weighted by atomic mass is 35.5. The van der Waals surface area contributed by atoms with Crippen LogP contribution in [0.2, 0.25) is 5.02 Å². The fourth-order valence-corrected chi connectivity index (χ4v) is 2.72. The van der Waals surface area contributed by atoms with E-state index in [1.54, 1.807) is 24.3 Å². The lowest BCUT2D eigenvalue weighted by Gasteiger charge is -2.10. The van der Waals surface area contributed by atoms with Gasteiger partial charge < -0.3 is 18.7 Å². The molecule has 10 heteroatoms. The molecule has 0 bridgehead atoms. The summed E-state index contributed by atoms with van der Waals surface area (Å²) in [6.45, 7) is 0. The summed E-state index contributed by atoms with van der Waals surface area (Å²) in [6.07, 6.45) is -1.55. The van der Waals surface area contributed by atoms with Gasteiger partial charge in [-0.3, -0.25) is 0 Å². The second kappa shape index (κ2) is 8.44. The zero-order chi connectivity index (χ0) is 21.0. The summed E-state index contributed by atoms with van der Waals surface area (Å²) < 4.78 is 56.0. The van der Waals surface area contributed by atoms with Crippen molar-refractivity contribution in [2.45, 2.75) is 6.36 Å². The number of aromatic nitrogens is 2. The van der Waals surface area contributed by atoms with Crippen molar-refractivity contribution in [1.82, 2.24) is 10.1 Å². The molecule has 1 aromatic heterocycles. The maximum absolute atomic E-state index is 12.2. The minimum atomic E-state index is -4.75. The standard InChI is InChI=1S/C19H14ClF3N2O4/c1-26-14-9-5-11(16(20)17(14)27-2)6-10-15-24-18(25-29-15)12-3-7-13(8-4-12)28-19(21,22)23/h3-10H,1-2H3. The maximum Gasteiger partial charge on any atom is 0.573 e. The van der Waals surface area contributed by atoms with Crippen LogP contribution in [0.4, 0.5) is 13.2 Å². The van der Waals surface area contributed by atoms with E-state index in [4.69, 9.17) is 25.6 Å². The molecule has 0 spiro atoms. The maximum atomic E-state index is 12.2. The highest BCUT2D eigenvalue weighted by molar-refractivity contribution is 6.34. The van der Waals surface area contributed by atoms with Crippen molar-refractivity contribution in [2.75, 3.05) is 14.2 Å². The molecule has 0 atom stereocenters. The van der Waals surface area contributed by atoms with E-state index in [2.05, 4.69) is 14.9 Å². The van der Waals surface area contributed by atoms with Gasteiger partial charge in [0.25, 0.3) is 5.89 Å². The van der Waals surface area contributed by atoms with Crippen molar-refractivity contribution < 1.29 is 31.9 Å². The van der Waals surface area contributed by atoms with Crippen LogP contribution in [-0.2, 0) is 0 Å². The molecule has 0 N–H and O–H groups in total. The van der Waals surface area contributed by atoms with E-state index in [0.717, 1.165) is 12.1 Å². The summed E-state index contributed by atoms with van der Waals surface area (Å²) in [7, 11) is 2.98. The summed E-state index contributed by atoms with van der Waals surface area (Å²) >= 11 is 6.31. The molecule has 2 aromatic carbocycles. The van der Waals surface area contributed by atoms with Crippen LogP contribution in [0.5, 0.6) is 17.2 Å². The molecule has 29 heavy (non-hydrogen) atoms. The van der Waals surface area contributed by atoms with Crippen molar-refractivity contribution >= 4 is 23.8 Å². The number of halogens is 4. The Hall–Kier alpha value is -3.20. The monoisotopic (exact) mass is 426 g/mol. The lowest BCUT2D eigenvalue weighted by molar-refractivity contribution is -0.274. The molecule has 0 saturated carbocycles. The number of ether oxygens (including phenoxy) is 3. The second-order valence-corrected chi connectivity index (χ2v) is 5.94. The van der Waals surface area contributed by atoms with Crippen LogP contribution < -0.4 is 14.2 Å². The molecule has 6 nitrogen and oxygen atoms in total. The number of hydrogen-bond acceptors (Lipinski definition) is 6. The number of hydrogen-bond donors (Lipinski definition) is 0. The van der Waals surface area contributed by atoms with Crippen LogP contribution >= 0.6 is 11.6 Å². The molecule has 0 unspecified atom stereocenters. The Labute approximate surface area is 168 Å². The summed E-state index contributed by atoms with van der Waals surface area (Å²) in [5, 5.41) is 4.16. The van der Waals surface area contributed by atoms with Gasteiger partial charge in [-0.1, -0.05) is 16.8 Å². The molecule has 152 valence electrons. The second-order valence-electron chi connectivity index (χ2n) is 5.57. The van der Waals surface area contributed by atoms with Gasteiger partial charge >= 0.3 is 6.36 Å². The van der Waals surface area contributed by atoms with Crippen molar-refractivity contribution in [3.63, 3.8) is 0 Å². The number of nitrogens with zero attached hydrogens (tertiary/aromatic N) is 2. The fourth-order valence-electron chi connectivity index (χ4n) is 2.42. The zero-order valence-corrected chi connectivity index (χ0v) is 15.9. The van der Waals surface area contributed by atoms with Gasteiger partial charge in [0, 0.05) is 11.6 Å². The van der Waals surface area contributed by atoms with E-state index < -0.39 is 6.36 Å². The largest absolute Gasteiger partial charge is 0.573 e. The predicted molar refractivity (Wildman–Crippen MR) is 99.9 cm³/mol. The third-order valence-corrected chi connectivity index (χ3v) is 4.10. The van der Waals surface area contributed by atoms with Crippen molar-refractivity contribution in [1.29, 1.82) is 0 Å². The number of alkyl halides is 3. The molecule has 0 aliphatic rings. The van der Waals surface area contributed by atoms with Crippen LogP contribution in [0.3, 0.4) is 0 Å². The lowest BCUT2D eigenvalue weighted by atomic mass is 10.2. The Morgan fingerprint density at radius 2 is 1.72 bits per heavy atom. The molecule has 3 rings (SSSR count). The van der Waals surface area contributed by atoms with Gasteiger partial charge in [0.15, 0.2) is 11.5 Å². The molecule has 0 fully saturated rings. The molecule has 1 heterocycles. The number of rotatable bonds is 6. The predicted octanol–water partition coefficient (Wildman–Crippen LogP) is 5.48. The van der Waals surface area contributed by atoms with Crippen LogP contribution in [0.25, 0.3) is 23.5 Å². The lowest BCUT2D eigenvalue weighted by Crippen LogP contribution is -2.16. The van der Waals surface area contributed by atoms with Gasteiger partial charge in [-0.25, -0.2) is 0 Å². The Morgan fingerprint density at radius 3 is 2.34 bits per heavy atom. The smallest absolute Gasteiger partial charge is 0.493 e. The first-order valence-corrected chi connectivity index (χ1v) is 8.47. The highest BCUT2D eigenvalue weighted by Gasteiger charge is 2.31. The normalized spacial score (nSPS) is 11.7. The van der Waals surface area contributed by atoms with E-state index in [-0.39, 0.29) is 17.5 Å². The summed E-state index contributed by atoms with van der Waals surface area (Å²) in [5.41, 5.74) is 1.10. The van der Waals surface area contributed by atoms with Crippen molar-refractivity contribution in [3.8, 4) is 28.6 Å². The molecule has 0 saturated heterocycles. The van der Waals surface area contributed by atoms with E-state index in [0.29, 0.717) is 27.6 Å². The van der Waals surface area contributed by atoms with Crippen molar-refractivity contribution in [2.24, 2.45) is 0 Å². The van der Waals surface area contributed by atoms with Gasteiger partial charge in [-0.2, -0.15) is 4.98 Å². The molecular formula is C19H14ClF3N2O4. The van der Waals surface area contributed by atoms with E-state index in [1.807, 2.05) is 0 Å². The molecular weight excluding hydrogens is 413 g/mol. The summed E-state index contributed by atoms with van der Waals surface area (Å²) in [4.78, 5) is 4.18. The van der Waals surface area contributed by atoms with Crippen LogP contribution in [0.15, 0.2) is 40.9 Å². The third kappa shape index (κ3) is 5.00. The number of benzene rings is 2. The van der Waals surface area contributed by atoms with Gasteiger partial charge in [0.2, 0.25) is 5.82 Å². The Morgan fingerprint density at radius 1 is 1.00 bits per heavy atom. The summed E-state index contributed by atoms with van der Waals surface area (Å²) in [5.74, 6) is 0.937. The van der Waals surface area contributed by atoms with Gasteiger partial charge in [-0.05, 0) is 48.0 Å². The quantitative estimate of drug-likeness (QED) is 0.520. The third-order valence-electron chi connectivity index (χ3n) is 3.71. The van der Waals surface area contributed by atoms with Gasteiger partial charge in [0.1, 0.15) is 5.75 Å². The highest BCUT2D eigenvalue weighted by Crippen LogP contribution is 2.38. The SMILES string of the molecule is COc1ccc(C=Cc2nc(-c3ccc(OC(F)(F)F)cc3)no2)c(Cl)c1OC. The fraction of sp³-hybridized carbons (Fsp3) is 0.158. The average molecular weight is 427 g/mol. The first kappa shape index (κ1) is 20.5. The molecule has 0 aliphatic heterocycles. The minimum absolute atomic E-state index is 0.182. The van der Waals surface area contributed by atoms with Crippen molar-refractivity contribution in [3.05, 3.63) is 52.9 Å². The Bertz CT molecular complexity index is 1020. The molecule has 0 radical (unpaired) electrons. The topological polar surface area (TPSA) is 66.6 Å². The molecule has 3 aromatic rings. The van der Waals surface area contributed by atoms with Crippen LogP contribution in [0.1, 0.15) is 11.5 Å². The van der Waals surface area contributed by atoms with Gasteiger partial charge in [0.05, 0.1) is 19.2 Å². The Kier molecular flexibility index (Phi) is 5.97. The Balaban J connectivity index is 1.77.